The number of nitrogens with one attached hydrogen (secondary N) is 1. The Kier molecular flexibility index (Phi) is 6.23. The normalized spacial score (nSPS) is 11.0. The van der Waals surface area contributed by atoms with Gasteiger partial charge in [-0.1, -0.05) is 0 Å². The highest BCUT2D eigenvalue weighted by molar-refractivity contribution is 5.88. The van der Waals surface area contributed by atoms with Gasteiger partial charge in [0.25, 0.3) is 0 Å². The van der Waals surface area contributed by atoms with Gasteiger partial charge in [0.05, 0.1) is 0 Å². The van der Waals surface area contributed by atoms with Crippen molar-refractivity contribution in [3.8, 4) is 5.75 Å². The minimum absolute atomic E-state index is 0. The lowest BCUT2D eigenvalue weighted by molar-refractivity contribution is -0.135. The molecule has 0 aliphatic rings. The Morgan fingerprint density at radius 1 is 1.29 bits per heavy atom. The Hall–Kier alpha value is -1.59. The summed E-state index contributed by atoms with van der Waals surface area (Å²) in [7, 11) is 0. The highest BCUT2D eigenvalue weighted by Crippen LogP contribution is 2.15. The largest absolute Gasteiger partial charge is 0.425 e. The summed E-state index contributed by atoms with van der Waals surface area (Å²) in [4.78, 5) is 21.9. The number of rotatable bonds is 3. The van der Waals surface area contributed by atoms with E-state index in [9.17, 15) is 9.59 Å². The zero-order valence-corrected chi connectivity index (χ0v) is 10.4. The van der Waals surface area contributed by atoms with Crippen molar-refractivity contribution < 1.29 is 14.3 Å². The van der Waals surface area contributed by atoms with Gasteiger partial charge < -0.3 is 15.8 Å². The summed E-state index contributed by atoms with van der Waals surface area (Å²) >= 11 is 0. The van der Waals surface area contributed by atoms with Crippen LogP contribution in [-0.4, -0.2) is 17.9 Å². The molecule has 17 heavy (non-hydrogen) atoms. The van der Waals surface area contributed by atoms with Gasteiger partial charge in [-0.15, -0.1) is 12.4 Å². The summed E-state index contributed by atoms with van der Waals surface area (Å²) in [6, 6.07) is 5.81. The molecule has 0 aliphatic heterocycles. The van der Waals surface area contributed by atoms with Crippen LogP contribution >= 0.6 is 12.4 Å². The lowest BCUT2D eigenvalue weighted by atomic mass is 10.3. The molecule has 0 bridgehead atoms. The molecule has 0 radical (unpaired) electrons. The Morgan fingerprint density at radius 2 is 1.82 bits per heavy atom. The third kappa shape index (κ3) is 5.33. The molecule has 0 fully saturated rings. The molecule has 0 aliphatic carbocycles. The fourth-order valence-electron chi connectivity index (χ4n) is 1.02. The first-order valence-corrected chi connectivity index (χ1v) is 4.84. The molecule has 94 valence electrons. The molecule has 0 aromatic heterocycles. The first-order chi connectivity index (χ1) is 7.49. The van der Waals surface area contributed by atoms with Crippen LogP contribution in [0.25, 0.3) is 0 Å². The highest BCUT2D eigenvalue weighted by atomic mass is 35.5. The van der Waals surface area contributed by atoms with Crippen LogP contribution in [0, 0.1) is 0 Å². The lowest BCUT2D eigenvalue weighted by Crippen LogP contribution is -2.30. The molecule has 0 heterocycles. The zero-order chi connectivity index (χ0) is 12.1. The quantitative estimate of drug-likeness (QED) is 0.633. The number of hydrogen-bond donors (Lipinski definition) is 2. The molecular formula is C11H15ClN2O3. The summed E-state index contributed by atoms with van der Waals surface area (Å²) in [6.45, 7) is 2.97. The van der Waals surface area contributed by atoms with Crippen LogP contribution in [0.4, 0.5) is 5.69 Å². The number of hydrogen-bond acceptors (Lipinski definition) is 4. The maximum atomic E-state index is 11.2. The smallest absolute Gasteiger partial charge is 0.328 e. The molecular weight excluding hydrogens is 244 g/mol. The van der Waals surface area contributed by atoms with Gasteiger partial charge >= 0.3 is 5.97 Å². The van der Waals surface area contributed by atoms with E-state index < -0.39 is 12.0 Å². The Balaban J connectivity index is 0.00000256. The number of carbonyl (C=O) groups is 2. The van der Waals surface area contributed by atoms with Crippen molar-refractivity contribution in [3.63, 3.8) is 0 Å². The molecule has 1 aromatic carbocycles. The number of carbonyl (C=O) groups excluding carboxylic acids is 2. The van der Waals surface area contributed by atoms with E-state index in [0.717, 1.165) is 0 Å². The van der Waals surface area contributed by atoms with Crippen molar-refractivity contribution in [2.24, 2.45) is 5.73 Å². The van der Waals surface area contributed by atoms with Gasteiger partial charge in [0.1, 0.15) is 11.8 Å². The highest BCUT2D eigenvalue weighted by Gasteiger charge is 2.09. The van der Waals surface area contributed by atoms with E-state index in [1.54, 1.807) is 31.2 Å². The third-order valence-corrected chi connectivity index (χ3v) is 1.76. The van der Waals surface area contributed by atoms with Gasteiger partial charge in [0, 0.05) is 12.6 Å². The SMILES string of the molecule is CC(=O)Nc1ccc(OC(=O)[C@H](C)N)cc1.Cl. The Bertz CT molecular complexity index is 390. The Labute approximate surface area is 106 Å². The second-order valence-corrected chi connectivity index (χ2v) is 3.42. The minimum Gasteiger partial charge on any atom is -0.425 e. The van der Waals surface area contributed by atoms with Gasteiger partial charge in [-0.25, -0.2) is 4.79 Å². The van der Waals surface area contributed by atoms with Gasteiger partial charge in [-0.3, -0.25) is 4.79 Å². The fourth-order valence-corrected chi connectivity index (χ4v) is 1.02. The number of anilines is 1. The van der Waals surface area contributed by atoms with Crippen molar-refractivity contribution in [2.75, 3.05) is 5.32 Å². The number of ether oxygens (including phenoxy) is 1. The molecule has 0 saturated heterocycles. The van der Waals surface area contributed by atoms with Crippen LogP contribution in [0.5, 0.6) is 5.75 Å². The summed E-state index contributed by atoms with van der Waals surface area (Å²) in [5.41, 5.74) is 5.99. The van der Waals surface area contributed by atoms with Crippen LogP contribution in [0.15, 0.2) is 24.3 Å². The summed E-state index contributed by atoms with van der Waals surface area (Å²) in [5.74, 6) is -0.246. The van der Waals surface area contributed by atoms with Crippen molar-refractivity contribution >= 4 is 30.0 Å². The molecule has 0 saturated carbocycles. The van der Waals surface area contributed by atoms with Gasteiger partial charge in [-0.05, 0) is 31.2 Å². The van der Waals surface area contributed by atoms with Crippen molar-refractivity contribution in [2.45, 2.75) is 19.9 Å². The maximum Gasteiger partial charge on any atom is 0.328 e. The summed E-state index contributed by atoms with van der Waals surface area (Å²) in [5, 5.41) is 2.60. The van der Waals surface area contributed by atoms with E-state index in [0.29, 0.717) is 11.4 Å². The molecule has 1 amide bonds. The van der Waals surface area contributed by atoms with Crippen LogP contribution < -0.4 is 15.8 Å². The van der Waals surface area contributed by atoms with Crippen LogP contribution in [0.3, 0.4) is 0 Å². The average molecular weight is 259 g/mol. The van der Waals surface area contributed by atoms with E-state index in [4.69, 9.17) is 10.5 Å². The number of benzene rings is 1. The fraction of sp³-hybridized carbons (Fsp3) is 0.273. The first-order valence-electron chi connectivity index (χ1n) is 4.84. The average Bonchev–Trinajstić information content (AvgIpc) is 2.20. The zero-order valence-electron chi connectivity index (χ0n) is 9.60. The summed E-state index contributed by atoms with van der Waals surface area (Å²) in [6.07, 6.45) is 0. The van der Waals surface area contributed by atoms with E-state index in [1.165, 1.54) is 6.92 Å². The van der Waals surface area contributed by atoms with Crippen LogP contribution in [-0.2, 0) is 9.59 Å². The standard InChI is InChI=1S/C11H14N2O3.ClH/c1-7(12)11(15)16-10-5-3-9(4-6-10)13-8(2)14;/h3-7H,12H2,1-2H3,(H,13,14);1H/t7-;/m0./s1. The predicted molar refractivity (Wildman–Crippen MR) is 67.3 cm³/mol. The molecule has 6 heteroatoms. The van der Waals surface area contributed by atoms with Gasteiger partial charge in [-0.2, -0.15) is 0 Å². The number of amides is 1. The van der Waals surface area contributed by atoms with E-state index >= 15 is 0 Å². The predicted octanol–water partition coefficient (Wildman–Crippen LogP) is 1.32. The number of nitrogens with two attached hydrogens (primary N) is 1. The van der Waals surface area contributed by atoms with Crippen LogP contribution in [0.2, 0.25) is 0 Å². The van der Waals surface area contributed by atoms with Gasteiger partial charge in [0.2, 0.25) is 5.91 Å². The minimum atomic E-state index is -0.657. The topological polar surface area (TPSA) is 81.4 Å². The molecule has 0 spiro atoms. The molecule has 1 rings (SSSR count). The monoisotopic (exact) mass is 258 g/mol. The van der Waals surface area contributed by atoms with Crippen molar-refractivity contribution in [1.82, 2.24) is 0 Å². The Morgan fingerprint density at radius 3 is 2.24 bits per heavy atom. The molecule has 5 nitrogen and oxygen atoms in total. The van der Waals surface area contributed by atoms with Crippen molar-refractivity contribution in [1.29, 1.82) is 0 Å². The first kappa shape index (κ1) is 15.4. The van der Waals surface area contributed by atoms with Crippen molar-refractivity contribution in [3.05, 3.63) is 24.3 Å². The molecule has 1 atom stereocenters. The number of halogens is 1. The summed E-state index contributed by atoms with van der Waals surface area (Å²) < 4.78 is 4.96. The third-order valence-electron chi connectivity index (χ3n) is 1.76. The van der Waals surface area contributed by atoms with Crippen LogP contribution in [0.1, 0.15) is 13.8 Å². The van der Waals surface area contributed by atoms with Gasteiger partial charge in [0.15, 0.2) is 0 Å². The van der Waals surface area contributed by atoms with E-state index in [2.05, 4.69) is 5.32 Å². The lowest BCUT2D eigenvalue weighted by Gasteiger charge is -2.07. The van der Waals surface area contributed by atoms with E-state index in [1.807, 2.05) is 0 Å². The van der Waals surface area contributed by atoms with E-state index in [-0.39, 0.29) is 18.3 Å². The second-order valence-electron chi connectivity index (χ2n) is 3.42. The second kappa shape index (κ2) is 6.88. The molecule has 3 N–H and O–H groups in total. The molecule has 0 unspecified atom stereocenters. The molecule has 1 aromatic rings. The number of esters is 1. The maximum absolute atomic E-state index is 11.2.